The maximum atomic E-state index is 13.2. The zero-order valence-corrected chi connectivity index (χ0v) is 11.3. The minimum atomic E-state index is -0.413. The third-order valence-electron chi connectivity index (χ3n) is 2.97. The molecule has 0 amide bonds. The maximum absolute atomic E-state index is 13.2. The van der Waals surface area contributed by atoms with E-state index in [2.05, 4.69) is 10.4 Å². The van der Waals surface area contributed by atoms with E-state index < -0.39 is 5.82 Å². The number of rotatable bonds is 3. The lowest BCUT2D eigenvalue weighted by Crippen LogP contribution is -2.10. The number of hydrogen-bond acceptors (Lipinski definition) is 2. The van der Waals surface area contributed by atoms with Crippen LogP contribution in [0.25, 0.3) is 11.3 Å². The van der Waals surface area contributed by atoms with Gasteiger partial charge in [0, 0.05) is 19.2 Å². The second-order valence-electron chi connectivity index (χ2n) is 4.20. The number of nitrogens with one attached hydrogen (secondary N) is 1. The van der Waals surface area contributed by atoms with Gasteiger partial charge >= 0.3 is 0 Å². The largest absolute Gasteiger partial charge is 0.314 e. The van der Waals surface area contributed by atoms with Crippen LogP contribution in [0.4, 0.5) is 4.39 Å². The summed E-state index contributed by atoms with van der Waals surface area (Å²) in [6, 6.07) is 4.67. The summed E-state index contributed by atoms with van der Waals surface area (Å²) in [7, 11) is 3.79. The Kier molecular flexibility index (Phi) is 3.68. The van der Waals surface area contributed by atoms with Crippen molar-refractivity contribution < 1.29 is 4.39 Å². The summed E-state index contributed by atoms with van der Waals surface area (Å²) in [6.07, 6.45) is 0. The summed E-state index contributed by atoms with van der Waals surface area (Å²) < 4.78 is 15.0. The van der Waals surface area contributed by atoms with E-state index in [0.29, 0.717) is 0 Å². The molecule has 3 nitrogen and oxygen atoms in total. The molecule has 5 heteroatoms. The van der Waals surface area contributed by atoms with Crippen molar-refractivity contribution in [1.82, 2.24) is 15.1 Å². The zero-order valence-electron chi connectivity index (χ0n) is 10.6. The number of nitrogens with zero attached hydrogens (tertiary/aromatic N) is 2. The van der Waals surface area contributed by atoms with E-state index in [-0.39, 0.29) is 5.02 Å². The van der Waals surface area contributed by atoms with Crippen molar-refractivity contribution in [3.8, 4) is 11.3 Å². The number of aromatic nitrogens is 2. The summed E-state index contributed by atoms with van der Waals surface area (Å²) in [5.41, 5.74) is 3.85. The van der Waals surface area contributed by atoms with E-state index >= 15 is 0 Å². The highest BCUT2D eigenvalue weighted by atomic mass is 35.5. The molecule has 1 aromatic heterocycles. The van der Waals surface area contributed by atoms with Gasteiger partial charge in [0.15, 0.2) is 0 Å². The van der Waals surface area contributed by atoms with Crippen molar-refractivity contribution in [1.29, 1.82) is 0 Å². The lowest BCUT2D eigenvalue weighted by atomic mass is 10.1. The van der Waals surface area contributed by atoms with Gasteiger partial charge in [-0.3, -0.25) is 4.68 Å². The van der Waals surface area contributed by atoms with Crippen LogP contribution >= 0.6 is 11.6 Å². The summed E-state index contributed by atoms with van der Waals surface area (Å²) in [6.45, 7) is 2.75. The van der Waals surface area contributed by atoms with E-state index in [1.807, 2.05) is 25.7 Å². The van der Waals surface area contributed by atoms with Gasteiger partial charge in [0.2, 0.25) is 0 Å². The predicted molar refractivity (Wildman–Crippen MR) is 71.1 cm³/mol. The number of hydrogen-bond donors (Lipinski definition) is 1. The van der Waals surface area contributed by atoms with Gasteiger partial charge in [0.1, 0.15) is 5.82 Å². The molecule has 0 aliphatic heterocycles. The highest BCUT2D eigenvalue weighted by Gasteiger charge is 2.14. The SMILES string of the molecule is CNCc1c(C)c(-c2ccc(F)c(Cl)c2)nn1C. The normalized spacial score (nSPS) is 10.9. The first-order chi connectivity index (χ1) is 8.54. The van der Waals surface area contributed by atoms with E-state index in [4.69, 9.17) is 11.6 Å². The van der Waals surface area contributed by atoms with Gasteiger partial charge < -0.3 is 5.32 Å². The summed E-state index contributed by atoms with van der Waals surface area (Å²) >= 11 is 5.80. The number of benzene rings is 1. The van der Waals surface area contributed by atoms with Gasteiger partial charge in [-0.1, -0.05) is 11.6 Å². The van der Waals surface area contributed by atoms with Gasteiger partial charge in [-0.2, -0.15) is 5.10 Å². The standard InChI is InChI=1S/C13H15ClFN3/c1-8-12(7-16-2)18(3)17-13(8)9-4-5-11(15)10(14)6-9/h4-6,16H,7H2,1-3H3. The van der Waals surface area contributed by atoms with Gasteiger partial charge in [0.05, 0.1) is 16.4 Å². The maximum Gasteiger partial charge on any atom is 0.141 e. The fourth-order valence-corrected chi connectivity index (χ4v) is 2.18. The van der Waals surface area contributed by atoms with Crippen LogP contribution in [0.3, 0.4) is 0 Å². The third kappa shape index (κ3) is 2.26. The molecule has 0 radical (unpaired) electrons. The van der Waals surface area contributed by atoms with E-state index in [0.717, 1.165) is 29.1 Å². The summed E-state index contributed by atoms with van der Waals surface area (Å²) in [4.78, 5) is 0. The topological polar surface area (TPSA) is 29.9 Å². The molecule has 1 N–H and O–H groups in total. The molecule has 1 aromatic carbocycles. The van der Waals surface area contributed by atoms with Crippen LogP contribution in [-0.2, 0) is 13.6 Å². The second-order valence-corrected chi connectivity index (χ2v) is 4.61. The second kappa shape index (κ2) is 5.08. The van der Waals surface area contributed by atoms with Gasteiger partial charge in [-0.05, 0) is 37.7 Å². The van der Waals surface area contributed by atoms with Crippen molar-refractivity contribution in [3.05, 3.63) is 40.3 Å². The van der Waals surface area contributed by atoms with Crippen LogP contribution in [0, 0.1) is 12.7 Å². The average Bonchev–Trinajstić information content (AvgIpc) is 2.61. The predicted octanol–water partition coefficient (Wildman–Crippen LogP) is 2.91. The molecule has 96 valence electrons. The Bertz CT molecular complexity index is 578. The smallest absolute Gasteiger partial charge is 0.141 e. The van der Waals surface area contributed by atoms with Crippen LogP contribution < -0.4 is 5.32 Å². The molecule has 0 aliphatic carbocycles. The number of aryl methyl sites for hydroxylation is 1. The Hall–Kier alpha value is -1.39. The Morgan fingerprint density at radius 3 is 2.78 bits per heavy atom. The lowest BCUT2D eigenvalue weighted by Gasteiger charge is -2.02. The molecule has 0 fully saturated rings. The molecule has 0 unspecified atom stereocenters. The number of halogens is 2. The fraction of sp³-hybridized carbons (Fsp3) is 0.308. The molecule has 0 aliphatic rings. The van der Waals surface area contributed by atoms with Crippen molar-refractivity contribution in [3.63, 3.8) is 0 Å². The molecular weight excluding hydrogens is 253 g/mol. The zero-order chi connectivity index (χ0) is 13.3. The van der Waals surface area contributed by atoms with Crippen LogP contribution in [0.2, 0.25) is 5.02 Å². The Labute approximate surface area is 111 Å². The molecular formula is C13H15ClFN3. The molecule has 2 aromatic rings. The Morgan fingerprint density at radius 1 is 1.44 bits per heavy atom. The molecule has 0 saturated carbocycles. The van der Waals surface area contributed by atoms with E-state index in [9.17, 15) is 4.39 Å². The van der Waals surface area contributed by atoms with Crippen molar-refractivity contribution in [2.75, 3.05) is 7.05 Å². The minimum absolute atomic E-state index is 0.118. The van der Waals surface area contributed by atoms with Crippen molar-refractivity contribution in [2.45, 2.75) is 13.5 Å². The highest BCUT2D eigenvalue weighted by Crippen LogP contribution is 2.27. The third-order valence-corrected chi connectivity index (χ3v) is 3.26. The Morgan fingerprint density at radius 2 is 2.17 bits per heavy atom. The lowest BCUT2D eigenvalue weighted by molar-refractivity contribution is 0.628. The highest BCUT2D eigenvalue weighted by molar-refractivity contribution is 6.31. The van der Waals surface area contributed by atoms with Crippen LogP contribution in [-0.4, -0.2) is 16.8 Å². The molecule has 0 saturated heterocycles. The monoisotopic (exact) mass is 267 g/mol. The molecule has 2 rings (SSSR count). The quantitative estimate of drug-likeness (QED) is 0.927. The van der Waals surface area contributed by atoms with E-state index in [1.165, 1.54) is 6.07 Å². The summed E-state index contributed by atoms with van der Waals surface area (Å²) in [5, 5.41) is 7.69. The minimum Gasteiger partial charge on any atom is -0.314 e. The fourth-order valence-electron chi connectivity index (χ4n) is 2.00. The molecule has 0 bridgehead atoms. The van der Waals surface area contributed by atoms with Crippen molar-refractivity contribution in [2.24, 2.45) is 7.05 Å². The molecule has 18 heavy (non-hydrogen) atoms. The van der Waals surface area contributed by atoms with Gasteiger partial charge in [-0.15, -0.1) is 0 Å². The van der Waals surface area contributed by atoms with E-state index in [1.54, 1.807) is 12.1 Å². The first-order valence-corrected chi connectivity index (χ1v) is 6.05. The van der Waals surface area contributed by atoms with Gasteiger partial charge in [-0.25, -0.2) is 4.39 Å². The molecule has 0 spiro atoms. The van der Waals surface area contributed by atoms with Crippen molar-refractivity contribution >= 4 is 11.6 Å². The first-order valence-electron chi connectivity index (χ1n) is 5.67. The van der Waals surface area contributed by atoms with Crippen LogP contribution in [0.15, 0.2) is 18.2 Å². The van der Waals surface area contributed by atoms with Crippen LogP contribution in [0.1, 0.15) is 11.3 Å². The average molecular weight is 268 g/mol. The molecule has 0 atom stereocenters. The summed E-state index contributed by atoms with van der Waals surface area (Å²) in [5.74, 6) is -0.413. The van der Waals surface area contributed by atoms with Crippen LogP contribution in [0.5, 0.6) is 0 Å². The first kappa shape index (κ1) is 13.1. The molecule has 1 heterocycles. The Balaban J connectivity index is 2.50. The van der Waals surface area contributed by atoms with Gasteiger partial charge in [0.25, 0.3) is 0 Å².